The average Bonchev–Trinajstić information content (AvgIpc) is 1.60. The van der Waals surface area contributed by atoms with Crippen LogP contribution in [0, 0.1) is 17.5 Å². The van der Waals surface area contributed by atoms with Crippen molar-refractivity contribution < 1.29 is 52.2 Å². The molecule has 5 aromatic heterocycles. The van der Waals surface area contributed by atoms with Crippen LogP contribution in [0.4, 0.5) is 30.6 Å². The van der Waals surface area contributed by atoms with Gasteiger partial charge in [-0.15, -0.1) is 10.2 Å². The number of benzene rings is 6. The normalized spacial score (nSPS) is 13.5. The molecule has 0 spiro atoms. The van der Waals surface area contributed by atoms with Crippen molar-refractivity contribution in [2.45, 2.75) is 57.0 Å². The Bertz CT molecular complexity index is 4900. The van der Waals surface area contributed by atoms with Gasteiger partial charge in [-0.1, -0.05) is 99.8 Å². The van der Waals surface area contributed by atoms with Crippen LogP contribution >= 0.6 is 66.7 Å². The van der Waals surface area contributed by atoms with E-state index in [1.807, 2.05) is 34.7 Å². The molecule has 0 aliphatic carbocycles. The molecule has 1 aliphatic rings. The maximum Gasteiger partial charge on any atom is 0.496 e. The average molecular weight is 1610 g/mol. The molecule has 32 heteroatoms. The number of hydrogen-bond acceptors (Lipinski definition) is 18. The topological polar surface area (TPSA) is 345 Å². The van der Waals surface area contributed by atoms with Gasteiger partial charge in [-0.05, 0) is 184 Å². The Balaban J connectivity index is 0.000000173. The highest BCUT2D eigenvalue weighted by molar-refractivity contribution is 9.10. The summed E-state index contributed by atoms with van der Waals surface area (Å²) in [5.41, 5.74) is 23.1. The third-order valence-electron chi connectivity index (χ3n) is 16.5. The van der Waals surface area contributed by atoms with E-state index >= 15 is 4.39 Å². The van der Waals surface area contributed by atoms with Gasteiger partial charge in [0.15, 0.2) is 0 Å². The molecule has 0 bridgehead atoms. The molecule has 1 fully saturated rings. The van der Waals surface area contributed by atoms with Crippen LogP contribution in [0.15, 0.2) is 186 Å². The first-order valence-corrected chi connectivity index (χ1v) is 34.2. The predicted molar refractivity (Wildman–Crippen MR) is 400 cm³/mol. The number of halogens is 8. The lowest BCUT2D eigenvalue weighted by atomic mass is 9.79. The number of aliphatic hydroxyl groups is 3. The molecule has 23 nitrogen and oxygen atoms in total. The first kappa shape index (κ1) is 78.5. The van der Waals surface area contributed by atoms with E-state index in [1.165, 1.54) is 36.4 Å². The molecule has 0 saturated carbocycles. The van der Waals surface area contributed by atoms with E-state index in [2.05, 4.69) is 83.4 Å². The van der Waals surface area contributed by atoms with Crippen LogP contribution in [-0.4, -0.2) is 116 Å². The highest BCUT2D eigenvalue weighted by Gasteiger charge is 2.52. The van der Waals surface area contributed by atoms with E-state index < -0.39 is 71.6 Å². The van der Waals surface area contributed by atoms with E-state index in [9.17, 15) is 38.5 Å². The quantitative estimate of drug-likeness (QED) is 0.0382. The number of carbonyl (C=O) groups is 3. The Morgan fingerprint density at radius 1 is 0.510 bits per heavy atom. The maximum absolute atomic E-state index is 15.1. The summed E-state index contributed by atoms with van der Waals surface area (Å²) in [5, 5.41) is 53.6. The molecule has 0 unspecified atom stereocenters. The summed E-state index contributed by atoms with van der Waals surface area (Å²) in [6.45, 7) is 6.70. The van der Waals surface area contributed by atoms with Crippen molar-refractivity contribution in [1.82, 2.24) is 60.9 Å². The number of hydrogen-bond donors (Lipinski definition) is 9. The molecule has 11 aromatic rings. The Morgan fingerprint density at radius 2 is 0.885 bits per heavy atom. The highest BCUT2D eigenvalue weighted by Crippen LogP contribution is 2.38. The molecule has 1 aliphatic heterocycles. The first-order chi connectivity index (χ1) is 49.4. The molecular formula is C72H68BBr2Cl3F3N15O8. The molecular weight excluding hydrogens is 1540 g/mol. The van der Waals surface area contributed by atoms with Crippen LogP contribution in [0.25, 0.3) is 44.6 Å². The Morgan fingerprint density at radius 3 is 1.23 bits per heavy atom. The second kappa shape index (κ2) is 34.8. The Kier molecular flexibility index (Phi) is 26.2. The number of nitrogens with one attached hydrogen (secondary N) is 3. The van der Waals surface area contributed by atoms with Gasteiger partial charge < -0.3 is 57.8 Å². The minimum Gasteiger partial charge on any atom is -0.399 e. The summed E-state index contributed by atoms with van der Waals surface area (Å²) in [6, 6.07) is 35.7. The fraction of sp³-hybridized carbons (Fsp3) is 0.194. The number of nitrogen functional groups attached to an aromatic ring is 3. The van der Waals surface area contributed by atoms with Gasteiger partial charge >= 0.3 is 7.12 Å². The van der Waals surface area contributed by atoms with Crippen molar-refractivity contribution in [1.29, 1.82) is 0 Å². The number of aliphatic hydroxyl groups excluding tert-OH is 3. The molecule has 3 atom stereocenters. The van der Waals surface area contributed by atoms with Crippen molar-refractivity contribution in [2.75, 3.05) is 37.0 Å². The molecule has 1 saturated heterocycles. The Labute approximate surface area is 627 Å². The smallest absolute Gasteiger partial charge is 0.399 e. The predicted octanol–water partition coefficient (Wildman–Crippen LogP) is 12.2. The lowest BCUT2D eigenvalue weighted by Gasteiger charge is -2.32. The van der Waals surface area contributed by atoms with Crippen molar-refractivity contribution >= 4 is 114 Å². The number of aromatic nitrogens is 9. The summed E-state index contributed by atoms with van der Waals surface area (Å²) in [7, 11) is 2.91. The number of nitrogens with two attached hydrogens (primary N) is 3. The SMILES string of the molecule is CC1(C)OB(c2cnc(N)c(-c3ccc(C(=O)N[C@H](CO)c4cccc(Cl)c4)c(F)c3)c2)OC1(C)C.Cn1cc(-c2cnc(N)c(-c3ccc(C(=O)N[C@H](CO)c4cccc(Cl)c4)c(F)c3)c2)nn1.Cn1cc(Br)nn1.Nc1ncc(Br)cc1-c1ccc(C(=O)N[C@H](CO)c2cccc(Cl)c2)c(F)c1. The van der Waals surface area contributed by atoms with E-state index in [1.54, 1.807) is 157 Å². The van der Waals surface area contributed by atoms with Crippen LogP contribution in [0.5, 0.6) is 0 Å². The number of carbonyl (C=O) groups excluding carboxylic acids is 3. The van der Waals surface area contributed by atoms with E-state index in [4.69, 9.17) is 61.3 Å². The van der Waals surface area contributed by atoms with E-state index in [0.717, 1.165) is 4.60 Å². The van der Waals surface area contributed by atoms with Gasteiger partial charge in [0.05, 0.1) is 78.2 Å². The molecule has 6 aromatic carbocycles. The number of anilines is 3. The van der Waals surface area contributed by atoms with Crippen LogP contribution in [0.3, 0.4) is 0 Å². The highest BCUT2D eigenvalue weighted by atomic mass is 79.9. The van der Waals surface area contributed by atoms with Gasteiger partial charge in [0.1, 0.15) is 45.2 Å². The third-order valence-corrected chi connectivity index (χ3v) is 18.0. The van der Waals surface area contributed by atoms with Crippen molar-refractivity contribution in [3.8, 4) is 44.6 Å². The molecule has 0 radical (unpaired) electrons. The molecule has 6 heterocycles. The van der Waals surface area contributed by atoms with Gasteiger partial charge in [-0.25, -0.2) is 28.1 Å². The number of pyridine rings is 3. The zero-order valence-electron chi connectivity index (χ0n) is 56.3. The number of amides is 3. The number of nitrogens with zero attached hydrogens (tertiary/aromatic N) is 9. The van der Waals surface area contributed by atoms with Crippen LogP contribution in [0.2, 0.25) is 15.1 Å². The van der Waals surface area contributed by atoms with Crippen molar-refractivity contribution in [2.24, 2.45) is 14.1 Å². The summed E-state index contributed by atoms with van der Waals surface area (Å²) in [5.74, 6) is -3.52. The van der Waals surface area contributed by atoms with E-state index in [0.29, 0.717) is 86.3 Å². The van der Waals surface area contributed by atoms with Crippen LogP contribution in [0.1, 0.15) is 93.6 Å². The van der Waals surface area contributed by atoms with Gasteiger partial charge in [-0.3, -0.25) is 23.7 Å². The van der Waals surface area contributed by atoms with Gasteiger partial charge in [0, 0.05) is 79.9 Å². The minimum atomic E-state index is -0.744. The van der Waals surface area contributed by atoms with Gasteiger partial charge in [-0.2, -0.15) is 0 Å². The van der Waals surface area contributed by atoms with Crippen molar-refractivity contribution in [3.63, 3.8) is 0 Å². The zero-order chi connectivity index (χ0) is 75.3. The molecule has 3 amide bonds. The van der Waals surface area contributed by atoms with Gasteiger partial charge in [0.25, 0.3) is 17.7 Å². The van der Waals surface area contributed by atoms with Crippen LogP contribution in [-0.2, 0) is 23.4 Å². The number of aryl methyl sites for hydroxylation is 2. The zero-order valence-corrected chi connectivity index (χ0v) is 61.8. The lowest BCUT2D eigenvalue weighted by molar-refractivity contribution is 0.00578. The summed E-state index contributed by atoms with van der Waals surface area (Å²) >= 11 is 24.4. The standard InChI is InChI=1S/C26H28BClFN3O4.C23H20ClFN6O2.C20H16BrClFN3O2.C3H4BrN3/c1-25(2)26(3,4)36-27(35-25)17-12-20(23(30)31-13-17)15-8-9-19(21(29)11-15)24(34)32-22(14-33)16-6-5-7-18(28)10-16;1-31-11-20(29-30-31)15-8-18(22(26)27-10-15)13-5-6-17(19(25)9-13)23(33)28-21(12-32)14-3-2-4-16(24)7-14;21-13-8-16(19(24)25-9-13)11-4-5-15(17(23)7-11)20(28)26-18(10-27)12-2-1-3-14(22)6-12;1-7-2-3(4)5-6-7/h5-13,22,33H,14H2,1-4H3,(H2,30,31)(H,32,34);2-11,21,32H,12H2,1H3,(H2,26,27)(H,28,33);1-9,18,27H,10H2,(H2,24,25)(H,26,28);2H,1H3/t22-;21-;18-;/m111./s1. The monoisotopic (exact) mass is 1600 g/mol. The molecule has 12 rings (SSSR count). The summed E-state index contributed by atoms with van der Waals surface area (Å²) < 4.78 is 61.5. The third kappa shape index (κ3) is 19.8. The van der Waals surface area contributed by atoms with Crippen LogP contribution < -0.4 is 38.6 Å². The summed E-state index contributed by atoms with van der Waals surface area (Å²) in [6.07, 6.45) is 8.18. The fourth-order valence-corrected chi connectivity index (χ4v) is 11.6. The maximum atomic E-state index is 15.1. The van der Waals surface area contributed by atoms with Gasteiger partial charge in [0.2, 0.25) is 0 Å². The summed E-state index contributed by atoms with van der Waals surface area (Å²) in [4.78, 5) is 50.5. The number of rotatable bonds is 17. The lowest BCUT2D eigenvalue weighted by Crippen LogP contribution is -2.41. The van der Waals surface area contributed by atoms with Crippen molar-refractivity contribution in [3.05, 3.63) is 252 Å². The molecule has 12 N–H and O–H groups in total. The molecule has 104 heavy (non-hydrogen) atoms. The second-order valence-electron chi connectivity index (χ2n) is 24.4. The fourth-order valence-electron chi connectivity index (χ4n) is 10.3. The Hall–Kier alpha value is -9.66. The second-order valence-corrected chi connectivity index (χ2v) is 27.4. The minimum absolute atomic E-state index is 0.147. The molecule has 538 valence electrons. The largest absolute Gasteiger partial charge is 0.496 e. The first-order valence-electron chi connectivity index (χ1n) is 31.5. The van der Waals surface area contributed by atoms with E-state index in [-0.39, 0.29) is 54.0 Å².